The molecule has 0 aliphatic heterocycles. The number of rotatable bonds is 6. The summed E-state index contributed by atoms with van der Waals surface area (Å²) in [7, 11) is 0. The van der Waals surface area contributed by atoms with E-state index in [1.54, 1.807) is 31.2 Å². The number of benzene rings is 2. The number of anilines is 2. The lowest BCUT2D eigenvalue weighted by atomic mass is 9.98. The molecule has 2 amide bonds. The molecule has 0 aliphatic carbocycles. The van der Waals surface area contributed by atoms with Gasteiger partial charge in [0.1, 0.15) is 5.75 Å². The predicted molar refractivity (Wildman–Crippen MR) is 105 cm³/mol. The van der Waals surface area contributed by atoms with E-state index in [4.69, 9.17) is 4.74 Å². The highest BCUT2D eigenvalue weighted by Crippen LogP contribution is 2.24. The number of aryl methyl sites for hydroxylation is 1. The van der Waals surface area contributed by atoms with E-state index in [0.29, 0.717) is 23.0 Å². The normalized spacial score (nSPS) is 11.8. The Morgan fingerprint density at radius 2 is 1.62 bits per heavy atom. The molecule has 138 valence electrons. The number of amides is 2. The molecule has 0 spiro atoms. The van der Waals surface area contributed by atoms with Crippen LogP contribution in [0.4, 0.5) is 11.4 Å². The summed E-state index contributed by atoms with van der Waals surface area (Å²) in [5.74, 6) is 0.697. The van der Waals surface area contributed by atoms with E-state index in [9.17, 15) is 9.59 Å². The highest BCUT2D eigenvalue weighted by molar-refractivity contribution is 5.95. The van der Waals surface area contributed by atoms with Gasteiger partial charge < -0.3 is 15.4 Å². The highest BCUT2D eigenvalue weighted by atomic mass is 16.5. The average Bonchev–Trinajstić information content (AvgIpc) is 2.54. The van der Waals surface area contributed by atoms with E-state index in [-0.39, 0.29) is 11.8 Å². The van der Waals surface area contributed by atoms with E-state index in [1.165, 1.54) is 12.5 Å². The minimum Gasteiger partial charge on any atom is -0.481 e. The quantitative estimate of drug-likeness (QED) is 0.803. The fraction of sp³-hybridized carbons (Fsp3) is 0.333. The van der Waals surface area contributed by atoms with Crippen LogP contribution in [0.25, 0.3) is 0 Å². The number of hydrogen-bond acceptors (Lipinski definition) is 3. The van der Waals surface area contributed by atoms with Crippen LogP contribution in [-0.4, -0.2) is 17.9 Å². The standard InChI is InChI=1S/C21H26N2O3/c1-13(2)20-10-9-19(11-14(20)3)26-15(4)21(25)23-18-8-6-7-17(12-18)22-16(5)24/h6-13,15H,1-5H3,(H,22,24)(H,23,25). The van der Waals surface area contributed by atoms with Crippen LogP contribution in [0.2, 0.25) is 0 Å². The molecule has 0 heterocycles. The Morgan fingerprint density at radius 1 is 0.962 bits per heavy atom. The van der Waals surface area contributed by atoms with E-state index < -0.39 is 6.10 Å². The molecular weight excluding hydrogens is 328 g/mol. The Kier molecular flexibility index (Phi) is 6.39. The van der Waals surface area contributed by atoms with Crippen molar-refractivity contribution in [3.63, 3.8) is 0 Å². The summed E-state index contributed by atoms with van der Waals surface area (Å²) in [6.45, 7) is 9.48. The van der Waals surface area contributed by atoms with Crippen LogP contribution in [0.1, 0.15) is 44.7 Å². The first-order valence-electron chi connectivity index (χ1n) is 8.72. The summed E-state index contributed by atoms with van der Waals surface area (Å²) < 4.78 is 5.78. The summed E-state index contributed by atoms with van der Waals surface area (Å²) in [5.41, 5.74) is 3.64. The summed E-state index contributed by atoms with van der Waals surface area (Å²) >= 11 is 0. The molecule has 0 fully saturated rings. The monoisotopic (exact) mass is 354 g/mol. The second-order valence-corrected chi connectivity index (χ2v) is 6.68. The van der Waals surface area contributed by atoms with Gasteiger partial charge in [0.05, 0.1) is 0 Å². The van der Waals surface area contributed by atoms with Crippen LogP contribution in [-0.2, 0) is 9.59 Å². The van der Waals surface area contributed by atoms with Crippen molar-refractivity contribution in [3.8, 4) is 5.75 Å². The summed E-state index contributed by atoms with van der Waals surface area (Å²) in [4.78, 5) is 23.5. The molecule has 0 aliphatic rings. The number of nitrogens with one attached hydrogen (secondary N) is 2. The van der Waals surface area contributed by atoms with Crippen LogP contribution < -0.4 is 15.4 Å². The van der Waals surface area contributed by atoms with Crippen LogP contribution in [0.3, 0.4) is 0 Å². The Labute approximate surface area is 154 Å². The number of ether oxygens (including phenoxy) is 1. The summed E-state index contributed by atoms with van der Waals surface area (Å²) in [6.07, 6.45) is -0.649. The molecule has 0 saturated carbocycles. The first-order chi connectivity index (χ1) is 12.3. The molecule has 5 nitrogen and oxygen atoms in total. The van der Waals surface area contributed by atoms with Gasteiger partial charge in [-0.05, 0) is 61.2 Å². The first-order valence-corrected chi connectivity index (χ1v) is 8.72. The molecule has 5 heteroatoms. The second kappa shape index (κ2) is 8.52. The van der Waals surface area contributed by atoms with Crippen molar-refractivity contribution in [3.05, 3.63) is 53.6 Å². The second-order valence-electron chi connectivity index (χ2n) is 6.68. The molecule has 2 N–H and O–H groups in total. The maximum absolute atomic E-state index is 12.4. The summed E-state index contributed by atoms with van der Waals surface area (Å²) in [6, 6.07) is 12.9. The van der Waals surface area contributed by atoms with Crippen molar-refractivity contribution in [2.75, 3.05) is 10.6 Å². The van der Waals surface area contributed by atoms with E-state index in [1.807, 2.05) is 25.1 Å². The topological polar surface area (TPSA) is 67.4 Å². The molecular formula is C21H26N2O3. The Bertz CT molecular complexity index is 800. The molecule has 26 heavy (non-hydrogen) atoms. The van der Waals surface area contributed by atoms with Crippen molar-refractivity contribution in [1.29, 1.82) is 0 Å². The van der Waals surface area contributed by atoms with Gasteiger partial charge in [0, 0.05) is 18.3 Å². The maximum atomic E-state index is 12.4. The van der Waals surface area contributed by atoms with Gasteiger partial charge in [-0.1, -0.05) is 26.0 Å². The van der Waals surface area contributed by atoms with Crippen LogP contribution >= 0.6 is 0 Å². The van der Waals surface area contributed by atoms with E-state index in [0.717, 1.165) is 5.56 Å². The molecule has 1 unspecified atom stereocenters. The third-order valence-corrected chi connectivity index (χ3v) is 4.00. The molecule has 0 radical (unpaired) electrons. The van der Waals surface area contributed by atoms with Gasteiger partial charge >= 0.3 is 0 Å². The molecule has 0 bridgehead atoms. The fourth-order valence-electron chi connectivity index (χ4n) is 2.75. The minimum absolute atomic E-state index is 0.162. The predicted octanol–water partition coefficient (Wildman–Crippen LogP) is 4.48. The van der Waals surface area contributed by atoms with Crippen LogP contribution in [0.15, 0.2) is 42.5 Å². The van der Waals surface area contributed by atoms with Gasteiger partial charge in [-0.3, -0.25) is 9.59 Å². The zero-order chi connectivity index (χ0) is 19.3. The molecule has 1 atom stereocenters. The van der Waals surface area contributed by atoms with Crippen LogP contribution in [0.5, 0.6) is 5.75 Å². The number of hydrogen-bond donors (Lipinski definition) is 2. The smallest absolute Gasteiger partial charge is 0.265 e. The van der Waals surface area contributed by atoms with Gasteiger partial charge in [-0.15, -0.1) is 0 Å². The van der Waals surface area contributed by atoms with Crippen molar-refractivity contribution in [1.82, 2.24) is 0 Å². The van der Waals surface area contributed by atoms with Crippen molar-refractivity contribution in [2.24, 2.45) is 0 Å². The van der Waals surface area contributed by atoms with E-state index >= 15 is 0 Å². The Morgan fingerprint density at radius 3 is 2.19 bits per heavy atom. The van der Waals surface area contributed by atoms with Gasteiger partial charge in [-0.2, -0.15) is 0 Å². The molecule has 2 aromatic rings. The fourth-order valence-corrected chi connectivity index (χ4v) is 2.75. The SMILES string of the molecule is CC(=O)Nc1cccc(NC(=O)C(C)Oc2ccc(C(C)C)c(C)c2)c1. The van der Waals surface area contributed by atoms with Gasteiger partial charge in [-0.25, -0.2) is 0 Å². The third kappa shape index (κ3) is 5.34. The maximum Gasteiger partial charge on any atom is 0.265 e. The largest absolute Gasteiger partial charge is 0.481 e. The van der Waals surface area contributed by atoms with Gasteiger partial charge in [0.2, 0.25) is 5.91 Å². The number of carbonyl (C=O) groups is 2. The Hall–Kier alpha value is -2.82. The van der Waals surface area contributed by atoms with Crippen LogP contribution in [0, 0.1) is 6.92 Å². The zero-order valence-corrected chi connectivity index (χ0v) is 15.9. The molecule has 2 aromatic carbocycles. The molecule has 2 rings (SSSR count). The average molecular weight is 354 g/mol. The summed E-state index contributed by atoms with van der Waals surface area (Å²) in [5, 5.41) is 5.49. The Balaban J connectivity index is 2.01. The lowest BCUT2D eigenvalue weighted by molar-refractivity contribution is -0.122. The van der Waals surface area contributed by atoms with Gasteiger partial charge in [0.15, 0.2) is 6.10 Å². The van der Waals surface area contributed by atoms with Crippen molar-refractivity contribution >= 4 is 23.2 Å². The molecule has 0 aromatic heterocycles. The zero-order valence-electron chi connectivity index (χ0n) is 15.9. The minimum atomic E-state index is -0.649. The first kappa shape index (κ1) is 19.5. The van der Waals surface area contributed by atoms with E-state index in [2.05, 4.69) is 24.5 Å². The molecule has 0 saturated heterocycles. The lowest BCUT2D eigenvalue weighted by Gasteiger charge is -2.17. The third-order valence-electron chi connectivity index (χ3n) is 4.00. The van der Waals surface area contributed by atoms with Crippen molar-refractivity contribution < 1.29 is 14.3 Å². The van der Waals surface area contributed by atoms with Gasteiger partial charge in [0.25, 0.3) is 5.91 Å². The lowest BCUT2D eigenvalue weighted by Crippen LogP contribution is -2.30. The highest BCUT2D eigenvalue weighted by Gasteiger charge is 2.16. The number of carbonyl (C=O) groups excluding carboxylic acids is 2. The van der Waals surface area contributed by atoms with Crippen molar-refractivity contribution in [2.45, 2.75) is 46.6 Å².